The van der Waals surface area contributed by atoms with Crippen molar-refractivity contribution in [2.75, 3.05) is 13.1 Å². The summed E-state index contributed by atoms with van der Waals surface area (Å²) in [6.07, 6.45) is 12.0. The Labute approximate surface area is 222 Å². The minimum absolute atomic E-state index is 0.0329. The van der Waals surface area contributed by atoms with E-state index in [0.29, 0.717) is 31.2 Å². The first kappa shape index (κ1) is 29.2. The number of nitrogens with one attached hydrogen (secondary N) is 1. The van der Waals surface area contributed by atoms with Crippen molar-refractivity contribution in [3.8, 4) is 12.8 Å². The highest BCUT2D eigenvalue weighted by Crippen LogP contribution is 2.32. The van der Waals surface area contributed by atoms with E-state index in [2.05, 4.69) is 33.0 Å². The molecule has 1 fully saturated rings. The first-order valence-corrected chi connectivity index (χ1v) is 13.2. The van der Waals surface area contributed by atoms with Crippen molar-refractivity contribution in [2.45, 2.75) is 77.7 Å². The molecule has 1 aliphatic carbocycles. The maximum absolute atomic E-state index is 12.8. The average Bonchev–Trinajstić information content (AvgIpc) is 3.33. The number of alkyl halides is 3. The van der Waals surface area contributed by atoms with Gasteiger partial charge >= 0.3 is 6.18 Å². The van der Waals surface area contributed by atoms with Gasteiger partial charge in [-0.1, -0.05) is 38.3 Å². The second-order valence-corrected chi connectivity index (χ2v) is 9.37. The van der Waals surface area contributed by atoms with E-state index >= 15 is 0 Å². The Morgan fingerprint density at radius 3 is 2.47 bits per heavy atom. The van der Waals surface area contributed by atoms with E-state index in [-0.39, 0.29) is 5.91 Å². The third-order valence-electron chi connectivity index (χ3n) is 7.04. The first-order chi connectivity index (χ1) is 18.3. The second-order valence-electron chi connectivity index (χ2n) is 9.37. The highest BCUT2D eigenvalue weighted by atomic mass is 19.4. The highest BCUT2D eigenvalue weighted by Gasteiger charge is 2.39. The van der Waals surface area contributed by atoms with Crippen molar-refractivity contribution < 1.29 is 18.0 Å². The van der Waals surface area contributed by atoms with E-state index in [4.69, 9.17) is 0 Å². The molecule has 1 saturated carbocycles. The van der Waals surface area contributed by atoms with Gasteiger partial charge in [-0.15, -0.1) is 12.8 Å². The van der Waals surface area contributed by atoms with Crippen LogP contribution >= 0.6 is 0 Å². The quantitative estimate of drug-likeness (QED) is 0.433. The number of hydrogen-bond donors (Lipinski definition) is 1. The SMILES string of the molecule is C#C.CCN1CCc2c(nc(C(F)(F)F)n2CC)C1.O=C(NC1CCCCC1)c1cccc2ncccc12. The van der Waals surface area contributed by atoms with Gasteiger partial charge in [0.05, 0.1) is 11.2 Å². The van der Waals surface area contributed by atoms with Crippen LogP contribution in [0.25, 0.3) is 10.9 Å². The zero-order valence-electron chi connectivity index (χ0n) is 22.1. The van der Waals surface area contributed by atoms with Crippen LogP contribution in [0.15, 0.2) is 36.5 Å². The summed E-state index contributed by atoms with van der Waals surface area (Å²) in [5.41, 5.74) is 2.95. The number of aromatic nitrogens is 3. The average molecular weight is 528 g/mol. The monoisotopic (exact) mass is 527 g/mol. The van der Waals surface area contributed by atoms with Gasteiger partial charge < -0.3 is 9.88 Å². The molecule has 2 aliphatic rings. The third kappa shape index (κ3) is 6.93. The van der Waals surface area contributed by atoms with Crippen LogP contribution in [0.1, 0.15) is 73.5 Å². The fraction of sp³-hybridized carbons (Fsp3) is 0.483. The minimum atomic E-state index is -4.36. The number of imidazole rings is 1. The van der Waals surface area contributed by atoms with Crippen molar-refractivity contribution in [3.63, 3.8) is 0 Å². The summed E-state index contributed by atoms with van der Waals surface area (Å²) in [5, 5.41) is 4.09. The number of likely N-dealkylation sites (N-methyl/N-ethyl adjacent to an activating group) is 1. The third-order valence-corrected chi connectivity index (χ3v) is 7.04. The molecular formula is C29H36F3N5O. The zero-order chi connectivity index (χ0) is 27.7. The van der Waals surface area contributed by atoms with Crippen molar-refractivity contribution in [1.29, 1.82) is 0 Å². The fourth-order valence-corrected chi connectivity index (χ4v) is 5.14. The number of pyridine rings is 1. The predicted octanol–water partition coefficient (Wildman–Crippen LogP) is 5.85. The van der Waals surface area contributed by atoms with Crippen LogP contribution in [-0.2, 0) is 25.7 Å². The van der Waals surface area contributed by atoms with Crippen LogP contribution in [0, 0.1) is 12.8 Å². The Bertz CT molecular complexity index is 1220. The number of fused-ring (bicyclic) bond motifs is 2. The molecule has 0 radical (unpaired) electrons. The minimum Gasteiger partial charge on any atom is -0.349 e. The zero-order valence-corrected chi connectivity index (χ0v) is 22.1. The topological polar surface area (TPSA) is 63.1 Å². The van der Waals surface area contributed by atoms with Gasteiger partial charge in [0, 0.05) is 54.9 Å². The van der Waals surface area contributed by atoms with Crippen LogP contribution in [0.3, 0.4) is 0 Å². The van der Waals surface area contributed by atoms with Gasteiger partial charge in [-0.25, -0.2) is 4.98 Å². The fourth-order valence-electron chi connectivity index (χ4n) is 5.14. The van der Waals surface area contributed by atoms with E-state index in [9.17, 15) is 18.0 Å². The first-order valence-electron chi connectivity index (χ1n) is 13.2. The van der Waals surface area contributed by atoms with Crippen molar-refractivity contribution in [2.24, 2.45) is 0 Å². The number of amides is 1. The van der Waals surface area contributed by atoms with E-state index in [1.807, 2.05) is 37.3 Å². The standard InChI is InChI=1S/C16H18N2O.C11H16F3N3.C2H2/c19-16(18-12-6-2-1-3-7-12)14-8-4-10-15-13(14)9-5-11-17-15;1-3-16-6-5-9-8(7-16)15-10(11(12,13)14)17(9)4-2;1-2/h4-5,8-12H,1-3,6-7H2,(H,18,19);3-7H2,1-2H3;1-2H. The Hall–Kier alpha value is -3.38. The van der Waals surface area contributed by atoms with Gasteiger partial charge in [-0.3, -0.25) is 14.7 Å². The molecule has 1 amide bonds. The maximum atomic E-state index is 12.8. The number of rotatable bonds is 4. The number of nitrogens with zero attached hydrogens (tertiary/aromatic N) is 4. The van der Waals surface area contributed by atoms with Gasteiger partial charge in [-0.05, 0) is 44.5 Å². The molecule has 0 atom stereocenters. The molecule has 3 aromatic rings. The molecule has 9 heteroatoms. The number of benzene rings is 1. The van der Waals surface area contributed by atoms with Crippen LogP contribution in [0.5, 0.6) is 0 Å². The smallest absolute Gasteiger partial charge is 0.349 e. The van der Waals surface area contributed by atoms with Gasteiger partial charge in [0.15, 0.2) is 0 Å². The molecule has 1 aromatic carbocycles. The van der Waals surface area contributed by atoms with E-state index in [1.54, 1.807) is 13.1 Å². The summed E-state index contributed by atoms with van der Waals surface area (Å²) in [7, 11) is 0. The summed E-state index contributed by atoms with van der Waals surface area (Å²) in [4.78, 5) is 22.6. The lowest BCUT2D eigenvalue weighted by molar-refractivity contribution is -0.147. The van der Waals surface area contributed by atoms with Gasteiger partial charge in [0.25, 0.3) is 5.91 Å². The van der Waals surface area contributed by atoms with E-state index < -0.39 is 12.0 Å². The number of carbonyl (C=O) groups excluding carboxylic acids is 1. The Kier molecular flexibility index (Phi) is 10.3. The molecule has 0 saturated heterocycles. The Morgan fingerprint density at radius 1 is 1.08 bits per heavy atom. The van der Waals surface area contributed by atoms with Crippen LogP contribution in [-0.4, -0.2) is 44.5 Å². The molecule has 38 heavy (non-hydrogen) atoms. The molecule has 6 nitrogen and oxygen atoms in total. The lowest BCUT2D eigenvalue weighted by Gasteiger charge is -2.25. The summed E-state index contributed by atoms with van der Waals surface area (Å²) in [6, 6.07) is 9.88. The van der Waals surface area contributed by atoms with Crippen molar-refractivity contribution >= 4 is 16.8 Å². The van der Waals surface area contributed by atoms with Crippen LogP contribution < -0.4 is 5.32 Å². The molecule has 1 N–H and O–H groups in total. The molecule has 3 heterocycles. The maximum Gasteiger partial charge on any atom is 0.449 e. The Balaban J connectivity index is 0.000000199. The molecule has 5 rings (SSSR count). The van der Waals surface area contributed by atoms with E-state index in [0.717, 1.165) is 48.1 Å². The summed E-state index contributed by atoms with van der Waals surface area (Å²) < 4.78 is 39.7. The molecule has 0 spiro atoms. The van der Waals surface area contributed by atoms with Crippen LogP contribution in [0.2, 0.25) is 0 Å². The van der Waals surface area contributed by atoms with Gasteiger partial charge in [0.2, 0.25) is 5.82 Å². The molecule has 0 bridgehead atoms. The lowest BCUT2D eigenvalue weighted by atomic mass is 9.95. The normalized spacial score (nSPS) is 16.0. The number of hydrogen-bond acceptors (Lipinski definition) is 4. The molecule has 2 aromatic heterocycles. The number of terminal acetylenes is 1. The van der Waals surface area contributed by atoms with Crippen molar-refractivity contribution in [3.05, 3.63) is 59.3 Å². The van der Waals surface area contributed by atoms with Gasteiger partial charge in [0.1, 0.15) is 0 Å². The largest absolute Gasteiger partial charge is 0.449 e. The second kappa shape index (κ2) is 13.4. The summed E-state index contributed by atoms with van der Waals surface area (Å²) in [5.74, 6) is -0.714. The lowest BCUT2D eigenvalue weighted by Crippen LogP contribution is -2.36. The molecule has 204 valence electrons. The van der Waals surface area contributed by atoms with Gasteiger partial charge in [-0.2, -0.15) is 13.2 Å². The van der Waals surface area contributed by atoms with E-state index in [1.165, 1.54) is 23.8 Å². The van der Waals surface area contributed by atoms with Crippen LogP contribution in [0.4, 0.5) is 13.2 Å². The summed E-state index contributed by atoms with van der Waals surface area (Å²) >= 11 is 0. The number of halogens is 3. The molecular weight excluding hydrogens is 491 g/mol. The summed E-state index contributed by atoms with van der Waals surface area (Å²) in [6.45, 7) is 6.24. The predicted molar refractivity (Wildman–Crippen MR) is 144 cm³/mol. The Morgan fingerprint density at radius 2 is 1.82 bits per heavy atom. The highest BCUT2D eigenvalue weighted by molar-refractivity contribution is 6.06. The van der Waals surface area contributed by atoms with Crippen molar-refractivity contribution in [1.82, 2.24) is 24.8 Å². The molecule has 1 aliphatic heterocycles. The number of carbonyl (C=O) groups is 1. The molecule has 0 unspecified atom stereocenters.